The smallest absolute Gasteiger partial charge is 0.311 e. The van der Waals surface area contributed by atoms with Crippen molar-refractivity contribution in [2.45, 2.75) is 78.1 Å². The average Bonchev–Trinajstić information content (AvgIpc) is 2.97. The lowest BCUT2D eigenvalue weighted by Crippen LogP contribution is -2.51. The Bertz CT molecular complexity index is 635. The lowest BCUT2D eigenvalue weighted by Gasteiger charge is -2.35. The van der Waals surface area contributed by atoms with Crippen LogP contribution in [0.3, 0.4) is 0 Å². The third-order valence-electron chi connectivity index (χ3n) is 5.65. The molecule has 0 radical (unpaired) electrons. The maximum Gasteiger partial charge on any atom is 0.311 e. The number of rotatable bonds is 9. The fourth-order valence-corrected chi connectivity index (χ4v) is 4.14. The molecular formula is C20H37N5O5. The van der Waals surface area contributed by atoms with Gasteiger partial charge in [0.1, 0.15) is 0 Å². The average molecular weight is 428 g/mol. The van der Waals surface area contributed by atoms with Gasteiger partial charge < -0.3 is 26.6 Å². The summed E-state index contributed by atoms with van der Waals surface area (Å²) in [7, 11) is 0. The summed E-state index contributed by atoms with van der Waals surface area (Å²) in [6.07, 6.45) is 0.645. The molecule has 1 aliphatic carbocycles. The van der Waals surface area contributed by atoms with Gasteiger partial charge in [0.2, 0.25) is 11.8 Å². The van der Waals surface area contributed by atoms with Gasteiger partial charge >= 0.3 is 5.97 Å². The minimum Gasteiger partial charge on any atom is -0.466 e. The summed E-state index contributed by atoms with van der Waals surface area (Å²) in [6, 6.07) is -1.79. The van der Waals surface area contributed by atoms with Gasteiger partial charge in [0, 0.05) is 18.9 Å². The van der Waals surface area contributed by atoms with Crippen LogP contribution in [0.1, 0.15) is 53.9 Å². The van der Waals surface area contributed by atoms with Crippen molar-refractivity contribution in [3.63, 3.8) is 0 Å². The maximum atomic E-state index is 12.4. The molecule has 0 aromatic rings. The van der Waals surface area contributed by atoms with E-state index in [9.17, 15) is 19.5 Å². The fraction of sp³-hybridized carbons (Fsp3) is 0.800. The van der Waals surface area contributed by atoms with Gasteiger partial charge in [0.15, 0.2) is 5.96 Å². The number of hydrogen-bond donors (Lipinski definition) is 5. The van der Waals surface area contributed by atoms with Gasteiger partial charge in [-0.1, -0.05) is 26.7 Å². The number of carbonyl (C=O) groups is 3. The van der Waals surface area contributed by atoms with Crippen LogP contribution in [-0.2, 0) is 19.1 Å². The minimum absolute atomic E-state index is 0.0621. The number of esters is 1. The number of guanidine groups is 1. The summed E-state index contributed by atoms with van der Waals surface area (Å²) in [5, 5.41) is 16.4. The van der Waals surface area contributed by atoms with Crippen molar-refractivity contribution < 1.29 is 24.2 Å². The number of nitrogens with one attached hydrogen (secondary N) is 2. The first kappa shape index (κ1) is 25.8. The lowest BCUT2D eigenvalue weighted by atomic mass is 9.80. The molecule has 0 spiro atoms. The summed E-state index contributed by atoms with van der Waals surface area (Å²) in [6.45, 7) is 8.81. The first-order chi connectivity index (χ1) is 14.1. The zero-order valence-corrected chi connectivity index (χ0v) is 18.6. The molecule has 30 heavy (non-hydrogen) atoms. The molecule has 2 amide bonds. The van der Waals surface area contributed by atoms with Crippen molar-refractivity contribution in [3.8, 4) is 0 Å². The van der Waals surface area contributed by atoms with Crippen molar-refractivity contribution in [1.29, 1.82) is 0 Å². The van der Waals surface area contributed by atoms with Gasteiger partial charge in [-0.15, -0.1) is 0 Å². The molecule has 172 valence electrons. The summed E-state index contributed by atoms with van der Waals surface area (Å²) in [5.41, 5.74) is 11.4. The number of nitrogens with zero attached hydrogens (tertiary/aromatic N) is 1. The van der Waals surface area contributed by atoms with Crippen LogP contribution in [0.4, 0.5) is 0 Å². The molecule has 0 aromatic heterocycles. The summed E-state index contributed by atoms with van der Waals surface area (Å²) in [5.74, 6) is -2.70. The predicted octanol–water partition coefficient (Wildman–Crippen LogP) is -0.366. The Balaban J connectivity index is 3.31. The van der Waals surface area contributed by atoms with E-state index in [0.29, 0.717) is 0 Å². The zero-order valence-electron chi connectivity index (χ0n) is 18.6. The quantitative estimate of drug-likeness (QED) is 0.190. The second-order valence-corrected chi connectivity index (χ2v) is 7.82. The molecule has 10 nitrogen and oxygen atoms in total. The number of amides is 2. The molecule has 1 fully saturated rings. The van der Waals surface area contributed by atoms with Crippen LogP contribution in [0.15, 0.2) is 4.99 Å². The number of aliphatic hydroxyl groups excluding tert-OH is 1. The topological polar surface area (TPSA) is 169 Å². The van der Waals surface area contributed by atoms with E-state index in [1.807, 2.05) is 13.8 Å². The number of nitrogens with two attached hydrogens (primary N) is 2. The van der Waals surface area contributed by atoms with Crippen LogP contribution < -0.4 is 22.1 Å². The Morgan fingerprint density at radius 3 is 2.30 bits per heavy atom. The number of aliphatic imine (C=N–C) groups is 1. The highest BCUT2D eigenvalue weighted by Gasteiger charge is 2.51. The number of ether oxygens (including phenoxy) is 1. The minimum atomic E-state index is -1.08. The number of carbonyl (C=O) groups excluding carboxylic acids is 3. The lowest BCUT2D eigenvalue weighted by molar-refractivity contribution is -0.151. The molecule has 0 aromatic carbocycles. The first-order valence-corrected chi connectivity index (χ1v) is 10.6. The second kappa shape index (κ2) is 11.8. The van der Waals surface area contributed by atoms with Crippen molar-refractivity contribution in [2.75, 3.05) is 6.61 Å². The van der Waals surface area contributed by atoms with Gasteiger partial charge in [0.05, 0.1) is 30.7 Å². The molecule has 1 rings (SSSR count). The zero-order chi connectivity index (χ0) is 23.0. The Morgan fingerprint density at radius 2 is 1.83 bits per heavy atom. The summed E-state index contributed by atoms with van der Waals surface area (Å²) in [4.78, 5) is 40.5. The monoisotopic (exact) mass is 427 g/mol. The van der Waals surface area contributed by atoms with Gasteiger partial charge in [-0.25, -0.2) is 4.99 Å². The van der Waals surface area contributed by atoms with Crippen molar-refractivity contribution in [3.05, 3.63) is 0 Å². The van der Waals surface area contributed by atoms with Crippen molar-refractivity contribution >= 4 is 23.7 Å². The standard InChI is InChI=1S/C20H37N5O5/c1-6-12(7-2)16(23-11(5)26)15-14(24-20(22)25-18(28)10(4)21)9-13(17(15)27)19(29)30-8-3/h10,12-17,27H,6-9,21H2,1-5H3,(H,23,26)(H3,22,24,25,28)/t10?,13-,14+,15+,16?,17+/m0/s1. The predicted molar refractivity (Wildman–Crippen MR) is 113 cm³/mol. The highest BCUT2D eigenvalue weighted by atomic mass is 16.5. The maximum absolute atomic E-state index is 12.4. The molecule has 7 N–H and O–H groups in total. The molecular weight excluding hydrogens is 390 g/mol. The van der Waals surface area contributed by atoms with Gasteiger partial charge in [0.25, 0.3) is 0 Å². The van der Waals surface area contributed by atoms with E-state index in [4.69, 9.17) is 16.2 Å². The summed E-state index contributed by atoms with van der Waals surface area (Å²) >= 11 is 0. The highest BCUT2D eigenvalue weighted by Crippen LogP contribution is 2.40. The largest absolute Gasteiger partial charge is 0.466 e. The molecule has 6 atom stereocenters. The summed E-state index contributed by atoms with van der Waals surface area (Å²) < 4.78 is 5.12. The van der Waals surface area contributed by atoms with Crippen molar-refractivity contribution in [2.24, 2.45) is 34.2 Å². The van der Waals surface area contributed by atoms with E-state index in [1.54, 1.807) is 6.92 Å². The molecule has 0 heterocycles. The van der Waals surface area contributed by atoms with Crippen LogP contribution in [0.25, 0.3) is 0 Å². The van der Waals surface area contributed by atoms with Gasteiger partial charge in [-0.3, -0.25) is 19.7 Å². The highest BCUT2D eigenvalue weighted by molar-refractivity contribution is 5.98. The van der Waals surface area contributed by atoms with E-state index >= 15 is 0 Å². The van der Waals surface area contributed by atoms with Crippen LogP contribution >= 0.6 is 0 Å². The van der Waals surface area contributed by atoms with Gasteiger partial charge in [-0.2, -0.15) is 0 Å². The second-order valence-electron chi connectivity index (χ2n) is 7.82. The van der Waals surface area contributed by atoms with Crippen molar-refractivity contribution in [1.82, 2.24) is 10.6 Å². The Labute approximate surface area is 178 Å². The molecule has 0 bridgehead atoms. The van der Waals surface area contributed by atoms with E-state index in [1.165, 1.54) is 13.8 Å². The van der Waals surface area contributed by atoms with Crippen LogP contribution in [0, 0.1) is 17.8 Å². The Hall–Kier alpha value is -2.20. The molecule has 0 saturated heterocycles. The Morgan fingerprint density at radius 1 is 1.23 bits per heavy atom. The third-order valence-corrected chi connectivity index (χ3v) is 5.65. The van der Waals surface area contributed by atoms with E-state index in [-0.39, 0.29) is 30.8 Å². The van der Waals surface area contributed by atoms with Crippen LogP contribution in [-0.4, -0.2) is 59.7 Å². The third kappa shape index (κ3) is 6.66. The molecule has 0 aliphatic heterocycles. The van der Waals surface area contributed by atoms with E-state index in [0.717, 1.165) is 12.8 Å². The number of aliphatic hydroxyl groups is 1. The van der Waals surface area contributed by atoms with E-state index in [2.05, 4.69) is 15.6 Å². The van der Waals surface area contributed by atoms with E-state index < -0.39 is 47.9 Å². The molecule has 10 heteroatoms. The van der Waals surface area contributed by atoms with Crippen LogP contribution in [0.5, 0.6) is 0 Å². The SMILES string of the molecule is CCOC(=O)[C@H]1C[C@@H](N=C(N)NC(=O)C(C)N)[C@H](C(NC(C)=O)C(CC)CC)[C@@H]1O. The molecule has 1 saturated carbocycles. The molecule has 2 unspecified atom stereocenters. The van der Waals surface area contributed by atoms with Crippen LogP contribution in [0.2, 0.25) is 0 Å². The Kier molecular flexibility index (Phi) is 10.2. The fourth-order valence-electron chi connectivity index (χ4n) is 4.14. The van der Waals surface area contributed by atoms with Gasteiger partial charge in [-0.05, 0) is 26.2 Å². The molecule has 1 aliphatic rings. The normalized spacial score (nSPS) is 26.2. The number of hydrogen-bond acceptors (Lipinski definition) is 7. The first-order valence-electron chi connectivity index (χ1n) is 10.6.